The first kappa shape index (κ1) is 16.0. The van der Waals surface area contributed by atoms with Gasteiger partial charge in [-0.2, -0.15) is 0 Å². The average Bonchev–Trinajstić information content (AvgIpc) is 2.60. The Labute approximate surface area is 124 Å². The number of nitrogens with one attached hydrogen (secondary N) is 1. The number of ether oxygens (including phenoxy) is 1. The summed E-state index contributed by atoms with van der Waals surface area (Å²) in [5, 5.41) is 13.3. The van der Waals surface area contributed by atoms with Crippen LogP contribution in [0, 0.1) is 0 Å². The summed E-state index contributed by atoms with van der Waals surface area (Å²) in [7, 11) is 0. The molecule has 19 heavy (non-hydrogen) atoms. The van der Waals surface area contributed by atoms with Gasteiger partial charge in [-0.05, 0) is 53.7 Å². The lowest BCUT2D eigenvalue weighted by molar-refractivity contribution is -0.139. The number of hydrogen-bond donors (Lipinski definition) is 2. The molecule has 1 amide bonds. The van der Waals surface area contributed by atoms with E-state index in [-0.39, 0.29) is 6.42 Å². The zero-order valence-corrected chi connectivity index (χ0v) is 13.3. The standard InChI is InChI=1S/C12H16BrNO4S/c1-12(2,3)18-11(17)14-8(10(15)16)4-7-5-9(13)19-6-7/h5-6,8H,4H2,1-3H3,(H,14,17)(H,15,16)/t8-/m1/s1. The molecule has 5 nitrogen and oxygen atoms in total. The zero-order valence-electron chi connectivity index (χ0n) is 10.9. The molecule has 0 unspecified atom stereocenters. The molecule has 106 valence electrons. The van der Waals surface area contributed by atoms with Gasteiger partial charge in [0.1, 0.15) is 11.6 Å². The highest BCUT2D eigenvalue weighted by molar-refractivity contribution is 9.11. The SMILES string of the molecule is CC(C)(C)OC(=O)N[C@H](Cc1csc(Br)c1)C(=O)O. The highest BCUT2D eigenvalue weighted by atomic mass is 79.9. The summed E-state index contributed by atoms with van der Waals surface area (Å²) in [5.74, 6) is -1.09. The van der Waals surface area contributed by atoms with Crippen molar-refractivity contribution in [2.24, 2.45) is 0 Å². The molecule has 0 radical (unpaired) electrons. The highest BCUT2D eigenvalue weighted by Crippen LogP contribution is 2.21. The molecule has 0 spiro atoms. The number of amides is 1. The maximum absolute atomic E-state index is 11.6. The van der Waals surface area contributed by atoms with Gasteiger partial charge in [-0.15, -0.1) is 11.3 Å². The molecule has 0 aliphatic heterocycles. The fourth-order valence-corrected chi connectivity index (χ4v) is 2.56. The molecular weight excluding hydrogens is 334 g/mol. The Balaban J connectivity index is 2.63. The largest absolute Gasteiger partial charge is 0.480 e. The van der Waals surface area contributed by atoms with Crippen LogP contribution in [0.3, 0.4) is 0 Å². The van der Waals surface area contributed by atoms with Crippen LogP contribution in [-0.2, 0) is 16.0 Å². The number of carboxylic acids is 1. The van der Waals surface area contributed by atoms with Gasteiger partial charge in [0.2, 0.25) is 0 Å². The van der Waals surface area contributed by atoms with Crippen molar-refractivity contribution in [3.8, 4) is 0 Å². The van der Waals surface area contributed by atoms with Crippen LogP contribution in [0.4, 0.5) is 4.79 Å². The summed E-state index contributed by atoms with van der Waals surface area (Å²) in [6.45, 7) is 5.16. The number of alkyl carbamates (subject to hydrolysis) is 1. The maximum atomic E-state index is 11.6. The predicted molar refractivity (Wildman–Crippen MR) is 76.5 cm³/mol. The van der Waals surface area contributed by atoms with Crippen molar-refractivity contribution in [3.63, 3.8) is 0 Å². The van der Waals surface area contributed by atoms with Crippen molar-refractivity contribution in [1.82, 2.24) is 5.32 Å². The van der Waals surface area contributed by atoms with E-state index in [2.05, 4.69) is 21.2 Å². The molecule has 1 heterocycles. The molecule has 1 atom stereocenters. The van der Waals surface area contributed by atoms with E-state index in [1.54, 1.807) is 20.8 Å². The second kappa shape index (κ2) is 6.38. The molecular formula is C12H16BrNO4S. The molecule has 0 saturated heterocycles. The minimum Gasteiger partial charge on any atom is -0.480 e. The Bertz CT molecular complexity index is 467. The van der Waals surface area contributed by atoms with E-state index in [0.717, 1.165) is 9.35 Å². The van der Waals surface area contributed by atoms with Crippen molar-refractivity contribution in [2.45, 2.75) is 38.8 Å². The van der Waals surface area contributed by atoms with Crippen LogP contribution in [-0.4, -0.2) is 28.8 Å². The maximum Gasteiger partial charge on any atom is 0.408 e. The summed E-state index contributed by atoms with van der Waals surface area (Å²) < 4.78 is 5.96. The van der Waals surface area contributed by atoms with Gasteiger partial charge in [-0.25, -0.2) is 9.59 Å². The van der Waals surface area contributed by atoms with Crippen LogP contribution < -0.4 is 5.32 Å². The second-order valence-corrected chi connectivity index (χ2v) is 7.29. The predicted octanol–water partition coefficient (Wildman–Crippen LogP) is 3.03. The average molecular weight is 350 g/mol. The number of carbonyl (C=O) groups excluding carboxylic acids is 1. The van der Waals surface area contributed by atoms with Crippen LogP contribution >= 0.6 is 27.3 Å². The third-order valence-corrected chi connectivity index (χ3v) is 3.60. The van der Waals surface area contributed by atoms with E-state index in [4.69, 9.17) is 9.84 Å². The van der Waals surface area contributed by atoms with Gasteiger partial charge in [0, 0.05) is 6.42 Å². The Morgan fingerprint density at radius 1 is 1.53 bits per heavy atom. The van der Waals surface area contributed by atoms with Crippen molar-refractivity contribution in [3.05, 3.63) is 20.8 Å². The first-order chi connectivity index (χ1) is 8.67. The van der Waals surface area contributed by atoms with E-state index in [0.29, 0.717) is 0 Å². The minimum atomic E-state index is -1.09. The lowest BCUT2D eigenvalue weighted by atomic mass is 10.1. The van der Waals surface area contributed by atoms with Crippen molar-refractivity contribution in [1.29, 1.82) is 0 Å². The van der Waals surface area contributed by atoms with Gasteiger partial charge in [0.05, 0.1) is 3.79 Å². The first-order valence-electron chi connectivity index (χ1n) is 5.62. The van der Waals surface area contributed by atoms with E-state index < -0.39 is 23.7 Å². The van der Waals surface area contributed by atoms with Gasteiger partial charge in [-0.1, -0.05) is 0 Å². The summed E-state index contributed by atoms with van der Waals surface area (Å²) in [6.07, 6.45) is -0.509. The van der Waals surface area contributed by atoms with E-state index >= 15 is 0 Å². The normalized spacial score (nSPS) is 12.8. The highest BCUT2D eigenvalue weighted by Gasteiger charge is 2.24. The number of hydrogen-bond acceptors (Lipinski definition) is 4. The molecule has 0 aliphatic carbocycles. The number of halogens is 1. The number of aliphatic carboxylic acids is 1. The van der Waals surface area contributed by atoms with Crippen LogP contribution in [0.25, 0.3) is 0 Å². The quantitative estimate of drug-likeness (QED) is 0.875. The first-order valence-corrected chi connectivity index (χ1v) is 7.30. The lowest BCUT2D eigenvalue weighted by Crippen LogP contribution is -2.44. The second-order valence-electron chi connectivity index (χ2n) is 5.00. The third kappa shape index (κ3) is 6.07. The van der Waals surface area contributed by atoms with Gasteiger partial charge < -0.3 is 15.2 Å². The number of rotatable bonds is 4. The van der Waals surface area contributed by atoms with Crippen LogP contribution in [0.5, 0.6) is 0 Å². The number of thiophene rings is 1. The molecule has 1 aromatic rings. The molecule has 7 heteroatoms. The number of carboxylic acid groups (broad SMARTS) is 1. The molecule has 0 bridgehead atoms. The summed E-state index contributed by atoms with van der Waals surface area (Å²) >= 11 is 4.78. The molecule has 0 fully saturated rings. The fraction of sp³-hybridized carbons (Fsp3) is 0.500. The van der Waals surface area contributed by atoms with E-state index in [1.807, 2.05) is 11.4 Å². The third-order valence-electron chi connectivity index (χ3n) is 2.05. The molecule has 0 saturated carbocycles. The van der Waals surface area contributed by atoms with Crippen molar-refractivity contribution < 1.29 is 19.4 Å². The number of carbonyl (C=O) groups is 2. The van der Waals surface area contributed by atoms with E-state index in [1.165, 1.54) is 11.3 Å². The lowest BCUT2D eigenvalue weighted by Gasteiger charge is -2.21. The monoisotopic (exact) mass is 349 g/mol. The van der Waals surface area contributed by atoms with Gasteiger partial charge >= 0.3 is 12.1 Å². The Morgan fingerprint density at radius 3 is 2.58 bits per heavy atom. The molecule has 1 aromatic heterocycles. The van der Waals surface area contributed by atoms with Gasteiger partial charge in [0.25, 0.3) is 0 Å². The van der Waals surface area contributed by atoms with Gasteiger partial charge in [0.15, 0.2) is 0 Å². The Hall–Kier alpha value is -1.08. The molecule has 0 aliphatic rings. The van der Waals surface area contributed by atoms with Crippen LogP contribution in [0.15, 0.2) is 15.2 Å². The van der Waals surface area contributed by atoms with Crippen molar-refractivity contribution in [2.75, 3.05) is 0 Å². The van der Waals surface area contributed by atoms with Crippen LogP contribution in [0.2, 0.25) is 0 Å². The topological polar surface area (TPSA) is 75.6 Å². The Kier molecular flexibility index (Phi) is 5.37. The Morgan fingerprint density at radius 2 is 2.16 bits per heavy atom. The van der Waals surface area contributed by atoms with E-state index in [9.17, 15) is 9.59 Å². The summed E-state index contributed by atoms with van der Waals surface area (Å²) in [6, 6.07) is 0.827. The minimum absolute atomic E-state index is 0.219. The molecule has 2 N–H and O–H groups in total. The zero-order chi connectivity index (χ0) is 14.6. The molecule has 1 rings (SSSR count). The van der Waals surface area contributed by atoms with Crippen LogP contribution in [0.1, 0.15) is 26.3 Å². The summed E-state index contributed by atoms with van der Waals surface area (Å²) in [4.78, 5) is 22.7. The fourth-order valence-electron chi connectivity index (χ4n) is 1.34. The smallest absolute Gasteiger partial charge is 0.408 e. The van der Waals surface area contributed by atoms with Gasteiger partial charge in [-0.3, -0.25) is 0 Å². The van der Waals surface area contributed by atoms with Crippen molar-refractivity contribution >= 4 is 39.3 Å². The summed E-state index contributed by atoms with van der Waals surface area (Å²) in [5.41, 5.74) is 0.193. The molecule has 0 aromatic carbocycles.